The molecule has 0 bridgehead atoms. The average Bonchev–Trinajstić information content (AvgIpc) is 3.05. The number of benzene rings is 1. The molecule has 0 saturated heterocycles. The van der Waals surface area contributed by atoms with Crippen LogP contribution in [0.15, 0.2) is 22.4 Å². The molecule has 7 heteroatoms. The summed E-state index contributed by atoms with van der Waals surface area (Å²) in [6.07, 6.45) is 7.64. The second-order valence-electron chi connectivity index (χ2n) is 7.21. The third-order valence-electron chi connectivity index (χ3n) is 5.13. The lowest BCUT2D eigenvalue weighted by Gasteiger charge is -2.20. The zero-order valence-electron chi connectivity index (χ0n) is 16.1. The number of hydrogen-bond donors (Lipinski definition) is 1. The first kappa shape index (κ1) is 19.6. The van der Waals surface area contributed by atoms with Crippen molar-refractivity contribution in [2.45, 2.75) is 63.9 Å². The van der Waals surface area contributed by atoms with E-state index in [2.05, 4.69) is 48.2 Å². The van der Waals surface area contributed by atoms with Gasteiger partial charge in [0.05, 0.1) is 12.0 Å². The predicted molar refractivity (Wildman–Crippen MR) is 108 cm³/mol. The largest absolute Gasteiger partial charge is 0.481 e. The molecular formula is C20H26N4O2S. The lowest BCUT2D eigenvalue weighted by atomic mass is 9.89. The van der Waals surface area contributed by atoms with Crippen LogP contribution in [0.25, 0.3) is 0 Å². The Hall–Kier alpha value is -2.15. The maximum atomic E-state index is 11.0. The molecule has 1 N–H and O–H groups in total. The Labute approximate surface area is 164 Å². The molecule has 1 fully saturated rings. The highest BCUT2D eigenvalue weighted by molar-refractivity contribution is 7.99. The van der Waals surface area contributed by atoms with Gasteiger partial charge in [-0.3, -0.25) is 4.79 Å². The number of thioether (sulfide) groups is 1. The van der Waals surface area contributed by atoms with Crippen molar-refractivity contribution in [3.63, 3.8) is 0 Å². The van der Waals surface area contributed by atoms with Crippen molar-refractivity contribution in [2.75, 3.05) is 5.75 Å². The molecule has 0 unspecified atom stereocenters. The van der Waals surface area contributed by atoms with Crippen molar-refractivity contribution in [3.8, 4) is 0 Å². The minimum atomic E-state index is -0.872. The van der Waals surface area contributed by atoms with Crippen LogP contribution in [0.2, 0.25) is 0 Å². The molecule has 27 heavy (non-hydrogen) atoms. The number of carboxylic acid groups (broad SMARTS) is 1. The second-order valence-corrected chi connectivity index (χ2v) is 8.15. The Morgan fingerprint density at radius 2 is 1.89 bits per heavy atom. The number of carbonyl (C=O) groups is 1. The highest BCUT2D eigenvalue weighted by atomic mass is 32.2. The number of rotatable bonds is 6. The van der Waals surface area contributed by atoms with Crippen molar-refractivity contribution < 1.29 is 9.90 Å². The molecule has 6 nitrogen and oxygen atoms in total. The van der Waals surface area contributed by atoms with E-state index in [-0.39, 0.29) is 5.75 Å². The van der Waals surface area contributed by atoms with E-state index < -0.39 is 5.97 Å². The smallest absolute Gasteiger partial charge is 0.313 e. The maximum Gasteiger partial charge on any atom is 0.313 e. The van der Waals surface area contributed by atoms with Crippen LogP contribution in [0.1, 0.15) is 66.1 Å². The fraction of sp³-hybridized carbons (Fsp3) is 0.500. The van der Waals surface area contributed by atoms with Gasteiger partial charge in [0.15, 0.2) is 5.82 Å². The Morgan fingerprint density at radius 1 is 1.19 bits per heavy atom. The van der Waals surface area contributed by atoms with Crippen LogP contribution in [-0.2, 0) is 4.79 Å². The topological polar surface area (TPSA) is 80.4 Å². The predicted octanol–water partition coefficient (Wildman–Crippen LogP) is 4.31. The molecule has 1 aromatic carbocycles. The first-order valence-electron chi connectivity index (χ1n) is 9.38. The molecule has 1 heterocycles. The van der Waals surface area contributed by atoms with E-state index in [0.29, 0.717) is 11.1 Å². The fourth-order valence-corrected chi connectivity index (χ4v) is 4.07. The van der Waals surface area contributed by atoms with Gasteiger partial charge in [0.25, 0.3) is 0 Å². The van der Waals surface area contributed by atoms with Gasteiger partial charge in [-0.2, -0.15) is 9.78 Å². The molecule has 0 amide bonds. The molecule has 1 aliphatic carbocycles. The van der Waals surface area contributed by atoms with E-state index in [4.69, 9.17) is 5.11 Å². The summed E-state index contributed by atoms with van der Waals surface area (Å²) in [6, 6.07) is 4.29. The molecule has 0 atom stereocenters. The summed E-state index contributed by atoms with van der Waals surface area (Å²) in [5.74, 6) is 0.257. The quantitative estimate of drug-likeness (QED) is 0.591. The molecule has 3 rings (SSSR count). The highest BCUT2D eigenvalue weighted by Crippen LogP contribution is 2.33. The summed E-state index contributed by atoms with van der Waals surface area (Å²) in [5, 5.41) is 22.8. The van der Waals surface area contributed by atoms with Crippen molar-refractivity contribution in [2.24, 2.45) is 5.10 Å². The fourth-order valence-electron chi connectivity index (χ4n) is 3.46. The molecule has 144 valence electrons. The number of hydrogen-bond acceptors (Lipinski definition) is 5. The third kappa shape index (κ3) is 4.77. The standard InChI is InChI=1S/C20H26N4O2S/c1-13-9-15(3)17(10-14(13)2)11-21-24-19(16-7-5-4-6-8-16)22-23-20(24)27-12-18(25)26/h9-11,16H,4-8,12H2,1-3H3,(H,25,26)/b21-11-. The van der Waals surface area contributed by atoms with Gasteiger partial charge in [-0.25, -0.2) is 0 Å². The van der Waals surface area contributed by atoms with E-state index in [0.717, 1.165) is 41.6 Å². The van der Waals surface area contributed by atoms with Gasteiger partial charge in [0, 0.05) is 5.92 Å². The molecule has 0 aliphatic heterocycles. The molecule has 1 saturated carbocycles. The highest BCUT2D eigenvalue weighted by Gasteiger charge is 2.23. The summed E-state index contributed by atoms with van der Waals surface area (Å²) in [4.78, 5) is 11.0. The molecule has 1 aliphatic rings. The number of aryl methyl sites for hydroxylation is 3. The lowest BCUT2D eigenvalue weighted by molar-refractivity contribution is -0.133. The van der Waals surface area contributed by atoms with Crippen molar-refractivity contribution in [1.82, 2.24) is 14.9 Å². The zero-order valence-corrected chi connectivity index (χ0v) is 16.9. The minimum Gasteiger partial charge on any atom is -0.481 e. The molecular weight excluding hydrogens is 360 g/mol. The number of aromatic nitrogens is 3. The summed E-state index contributed by atoms with van der Waals surface area (Å²) >= 11 is 1.16. The van der Waals surface area contributed by atoms with Crippen molar-refractivity contribution in [1.29, 1.82) is 0 Å². The van der Waals surface area contributed by atoms with E-state index >= 15 is 0 Å². The van der Waals surface area contributed by atoms with Gasteiger partial charge in [0.2, 0.25) is 5.16 Å². The first-order chi connectivity index (χ1) is 13.0. The summed E-state index contributed by atoms with van der Waals surface area (Å²) in [6.45, 7) is 6.26. The Balaban J connectivity index is 1.94. The third-order valence-corrected chi connectivity index (χ3v) is 6.03. The van der Waals surface area contributed by atoms with Crippen LogP contribution in [0.5, 0.6) is 0 Å². The summed E-state index contributed by atoms with van der Waals surface area (Å²) in [5.41, 5.74) is 4.69. The van der Waals surface area contributed by atoms with Gasteiger partial charge in [-0.05, 0) is 61.9 Å². The monoisotopic (exact) mass is 386 g/mol. The SMILES string of the molecule is Cc1cc(C)c(/C=N\n2c(SCC(=O)O)nnc2C2CCCCC2)cc1C. The van der Waals surface area contributed by atoms with Crippen molar-refractivity contribution in [3.05, 3.63) is 40.2 Å². The number of carboxylic acids is 1. The summed E-state index contributed by atoms with van der Waals surface area (Å²) in [7, 11) is 0. The van der Waals surface area contributed by atoms with Gasteiger partial charge in [0.1, 0.15) is 0 Å². The number of aliphatic carboxylic acids is 1. The van der Waals surface area contributed by atoms with Gasteiger partial charge < -0.3 is 5.11 Å². The maximum absolute atomic E-state index is 11.0. The van der Waals surface area contributed by atoms with E-state index in [1.807, 2.05) is 6.21 Å². The molecule has 0 radical (unpaired) electrons. The van der Waals surface area contributed by atoms with Crippen LogP contribution < -0.4 is 0 Å². The lowest BCUT2D eigenvalue weighted by Crippen LogP contribution is -2.11. The van der Waals surface area contributed by atoms with Crippen LogP contribution >= 0.6 is 11.8 Å². The van der Waals surface area contributed by atoms with Crippen LogP contribution in [0, 0.1) is 20.8 Å². The van der Waals surface area contributed by atoms with E-state index in [9.17, 15) is 4.79 Å². The zero-order chi connectivity index (χ0) is 19.4. The second kappa shape index (κ2) is 8.69. The normalized spacial score (nSPS) is 15.5. The van der Waals surface area contributed by atoms with Crippen molar-refractivity contribution >= 4 is 23.9 Å². The minimum absolute atomic E-state index is 0.0546. The van der Waals surface area contributed by atoms with E-state index in [1.165, 1.54) is 30.4 Å². The number of nitrogens with zero attached hydrogens (tertiary/aromatic N) is 4. The van der Waals surface area contributed by atoms with Crippen LogP contribution in [0.4, 0.5) is 0 Å². The van der Waals surface area contributed by atoms with Gasteiger partial charge in [-0.1, -0.05) is 37.1 Å². The van der Waals surface area contributed by atoms with Crippen LogP contribution in [0.3, 0.4) is 0 Å². The molecule has 0 spiro atoms. The first-order valence-corrected chi connectivity index (χ1v) is 10.4. The Morgan fingerprint density at radius 3 is 2.59 bits per heavy atom. The van der Waals surface area contributed by atoms with E-state index in [1.54, 1.807) is 4.68 Å². The average molecular weight is 387 g/mol. The van der Waals surface area contributed by atoms with Gasteiger partial charge >= 0.3 is 5.97 Å². The van der Waals surface area contributed by atoms with Crippen LogP contribution in [-0.4, -0.2) is 37.9 Å². The Kier molecular flexibility index (Phi) is 6.31. The molecule has 1 aromatic heterocycles. The molecule has 2 aromatic rings. The van der Waals surface area contributed by atoms with Gasteiger partial charge in [-0.15, -0.1) is 10.2 Å². The Bertz CT molecular complexity index is 854. The summed E-state index contributed by atoms with van der Waals surface area (Å²) < 4.78 is 1.75.